The van der Waals surface area contributed by atoms with Crippen molar-refractivity contribution in [2.45, 2.75) is 25.8 Å². The van der Waals surface area contributed by atoms with Gasteiger partial charge in [-0.05, 0) is 38.4 Å². The first-order valence-electron chi connectivity index (χ1n) is 5.81. The molecule has 0 spiro atoms. The van der Waals surface area contributed by atoms with E-state index in [0.29, 0.717) is 12.0 Å². The van der Waals surface area contributed by atoms with Crippen LogP contribution in [0.15, 0.2) is 6.20 Å². The molecule has 0 amide bonds. The largest absolute Gasteiger partial charge is 0.330 e. The molecule has 1 saturated heterocycles. The summed E-state index contributed by atoms with van der Waals surface area (Å²) in [5.74, 6) is 0.536. The van der Waals surface area contributed by atoms with Gasteiger partial charge in [-0.1, -0.05) is 18.5 Å². The number of rotatable bonds is 4. The lowest BCUT2D eigenvalue weighted by Gasteiger charge is -2.25. The Morgan fingerprint density at radius 1 is 1.69 bits per heavy atom. The fourth-order valence-electron chi connectivity index (χ4n) is 2.47. The van der Waals surface area contributed by atoms with Gasteiger partial charge in [0.2, 0.25) is 0 Å². The first-order valence-corrected chi connectivity index (χ1v) is 7.01. The van der Waals surface area contributed by atoms with Crippen LogP contribution in [0.5, 0.6) is 0 Å². The average molecular weight is 260 g/mol. The number of hydrogen-bond acceptors (Lipinski definition) is 4. The van der Waals surface area contributed by atoms with Crippen molar-refractivity contribution in [2.75, 3.05) is 19.6 Å². The van der Waals surface area contributed by atoms with Crippen LogP contribution in [-0.4, -0.2) is 29.5 Å². The molecule has 0 aromatic carbocycles. The molecular weight excluding hydrogens is 242 g/mol. The Balaban J connectivity index is 2.18. The van der Waals surface area contributed by atoms with Crippen LogP contribution in [0.4, 0.5) is 0 Å². The molecule has 0 bridgehead atoms. The van der Waals surface area contributed by atoms with Gasteiger partial charge in [0, 0.05) is 0 Å². The first-order chi connectivity index (χ1) is 7.76. The molecular formula is C11H18ClN3S. The van der Waals surface area contributed by atoms with E-state index in [1.54, 1.807) is 17.5 Å². The quantitative estimate of drug-likeness (QED) is 0.904. The predicted molar refractivity (Wildman–Crippen MR) is 68.9 cm³/mol. The van der Waals surface area contributed by atoms with E-state index in [1.807, 2.05) is 0 Å². The molecule has 2 heterocycles. The molecule has 2 rings (SSSR count). The SMILES string of the molecule is CCCN1CCC(CN)C1c1ncc(Cl)s1. The number of aromatic nitrogens is 1. The van der Waals surface area contributed by atoms with Gasteiger partial charge in [0.05, 0.1) is 12.2 Å². The van der Waals surface area contributed by atoms with Crippen molar-refractivity contribution in [3.05, 3.63) is 15.5 Å². The molecule has 1 aromatic heterocycles. The molecule has 1 fully saturated rings. The molecule has 2 N–H and O–H groups in total. The van der Waals surface area contributed by atoms with Gasteiger partial charge in [0.25, 0.3) is 0 Å². The fourth-order valence-corrected chi connectivity index (χ4v) is 3.63. The van der Waals surface area contributed by atoms with Gasteiger partial charge < -0.3 is 5.73 Å². The van der Waals surface area contributed by atoms with Crippen LogP contribution in [0.2, 0.25) is 4.34 Å². The van der Waals surface area contributed by atoms with Crippen LogP contribution in [0.1, 0.15) is 30.8 Å². The second-order valence-corrected chi connectivity index (χ2v) is 5.96. The number of halogens is 1. The van der Waals surface area contributed by atoms with E-state index < -0.39 is 0 Å². The number of nitrogens with zero attached hydrogens (tertiary/aromatic N) is 2. The van der Waals surface area contributed by atoms with Gasteiger partial charge in [0.1, 0.15) is 9.34 Å². The van der Waals surface area contributed by atoms with Gasteiger partial charge in [-0.2, -0.15) is 0 Å². The zero-order valence-corrected chi connectivity index (χ0v) is 11.1. The number of nitrogens with two attached hydrogens (primary N) is 1. The van der Waals surface area contributed by atoms with Crippen LogP contribution >= 0.6 is 22.9 Å². The number of hydrogen-bond donors (Lipinski definition) is 1. The van der Waals surface area contributed by atoms with Crippen LogP contribution in [0.3, 0.4) is 0 Å². The van der Waals surface area contributed by atoms with Gasteiger partial charge in [-0.25, -0.2) is 4.98 Å². The highest BCUT2D eigenvalue weighted by atomic mass is 35.5. The summed E-state index contributed by atoms with van der Waals surface area (Å²) in [6.07, 6.45) is 4.10. The monoisotopic (exact) mass is 259 g/mol. The second kappa shape index (κ2) is 5.45. The summed E-state index contributed by atoms with van der Waals surface area (Å²) >= 11 is 7.55. The van der Waals surface area contributed by atoms with E-state index in [4.69, 9.17) is 17.3 Å². The summed E-state index contributed by atoms with van der Waals surface area (Å²) in [6.45, 7) is 5.21. The van der Waals surface area contributed by atoms with Gasteiger partial charge in [-0.3, -0.25) is 4.90 Å². The Kier molecular flexibility index (Phi) is 4.19. The predicted octanol–water partition coefficient (Wildman–Crippen LogP) is 2.53. The zero-order chi connectivity index (χ0) is 11.5. The van der Waals surface area contributed by atoms with Crippen molar-refractivity contribution in [3.8, 4) is 0 Å². The molecule has 1 aliphatic rings. The molecule has 0 saturated carbocycles. The lowest BCUT2D eigenvalue weighted by Crippen LogP contribution is -2.28. The highest BCUT2D eigenvalue weighted by Crippen LogP contribution is 2.39. The number of likely N-dealkylation sites (tertiary alicyclic amines) is 1. The Labute approximate surface area is 106 Å². The van der Waals surface area contributed by atoms with Gasteiger partial charge in [-0.15, -0.1) is 11.3 Å². The lowest BCUT2D eigenvalue weighted by atomic mass is 10.0. The fraction of sp³-hybridized carbons (Fsp3) is 0.727. The summed E-state index contributed by atoms with van der Waals surface area (Å²) in [5.41, 5.74) is 5.84. The minimum Gasteiger partial charge on any atom is -0.330 e. The Hall–Kier alpha value is -0.160. The summed E-state index contributed by atoms with van der Waals surface area (Å²) in [6, 6.07) is 0.391. The van der Waals surface area contributed by atoms with Crippen LogP contribution in [0, 0.1) is 5.92 Å². The minimum absolute atomic E-state index is 0.391. The molecule has 0 radical (unpaired) electrons. The van der Waals surface area contributed by atoms with E-state index in [9.17, 15) is 0 Å². The molecule has 5 heteroatoms. The Morgan fingerprint density at radius 3 is 3.06 bits per heavy atom. The molecule has 3 nitrogen and oxygen atoms in total. The maximum absolute atomic E-state index is 5.96. The van der Waals surface area contributed by atoms with Crippen LogP contribution < -0.4 is 5.73 Å². The molecule has 2 unspecified atom stereocenters. The van der Waals surface area contributed by atoms with Gasteiger partial charge in [0.15, 0.2) is 0 Å². The van der Waals surface area contributed by atoms with E-state index in [1.165, 1.54) is 12.8 Å². The smallest absolute Gasteiger partial charge is 0.113 e. The molecule has 2 atom stereocenters. The highest BCUT2D eigenvalue weighted by molar-refractivity contribution is 7.15. The lowest BCUT2D eigenvalue weighted by molar-refractivity contribution is 0.230. The van der Waals surface area contributed by atoms with Crippen LogP contribution in [0.25, 0.3) is 0 Å². The normalized spacial score (nSPS) is 26.4. The van der Waals surface area contributed by atoms with Crippen LogP contribution in [-0.2, 0) is 0 Å². The van der Waals surface area contributed by atoms with Gasteiger partial charge >= 0.3 is 0 Å². The molecule has 1 aromatic rings. The number of thiazole rings is 1. The molecule has 90 valence electrons. The third-order valence-corrected chi connectivity index (χ3v) is 4.37. The maximum Gasteiger partial charge on any atom is 0.113 e. The maximum atomic E-state index is 5.96. The second-order valence-electron chi connectivity index (χ2n) is 4.27. The molecule has 0 aliphatic carbocycles. The van der Waals surface area contributed by atoms with E-state index in [-0.39, 0.29) is 0 Å². The molecule has 1 aliphatic heterocycles. The topological polar surface area (TPSA) is 42.1 Å². The summed E-state index contributed by atoms with van der Waals surface area (Å²) in [5, 5.41) is 1.13. The van der Waals surface area contributed by atoms with Crippen molar-refractivity contribution < 1.29 is 0 Å². The van der Waals surface area contributed by atoms with Crippen molar-refractivity contribution >= 4 is 22.9 Å². The average Bonchev–Trinajstić information content (AvgIpc) is 2.85. The third-order valence-electron chi connectivity index (χ3n) is 3.19. The van der Waals surface area contributed by atoms with Crippen molar-refractivity contribution in [2.24, 2.45) is 11.7 Å². The summed E-state index contributed by atoms with van der Waals surface area (Å²) < 4.78 is 0.772. The first kappa shape index (κ1) is 12.3. The van der Waals surface area contributed by atoms with E-state index in [0.717, 1.165) is 29.0 Å². The Morgan fingerprint density at radius 2 is 2.50 bits per heavy atom. The summed E-state index contributed by atoms with van der Waals surface area (Å²) in [4.78, 5) is 6.91. The van der Waals surface area contributed by atoms with Crippen molar-refractivity contribution in [1.29, 1.82) is 0 Å². The zero-order valence-electron chi connectivity index (χ0n) is 9.53. The van der Waals surface area contributed by atoms with Crippen molar-refractivity contribution in [3.63, 3.8) is 0 Å². The Bertz CT molecular complexity index is 342. The molecule has 16 heavy (non-hydrogen) atoms. The third kappa shape index (κ3) is 2.40. The minimum atomic E-state index is 0.391. The van der Waals surface area contributed by atoms with E-state index >= 15 is 0 Å². The summed E-state index contributed by atoms with van der Waals surface area (Å²) in [7, 11) is 0. The standard InChI is InChI=1S/C11H18ClN3S/c1-2-4-15-5-3-8(6-13)10(15)11-14-7-9(12)16-11/h7-8,10H,2-6,13H2,1H3. The highest BCUT2D eigenvalue weighted by Gasteiger charge is 2.35. The van der Waals surface area contributed by atoms with Crippen molar-refractivity contribution in [1.82, 2.24) is 9.88 Å². The van der Waals surface area contributed by atoms with E-state index in [2.05, 4.69) is 16.8 Å².